The SMILES string of the molecule is CC(N)(C(=O)Nc1cc(C(N)=O)cc(C(N)=O)c1)C1CC1. The van der Waals surface area contributed by atoms with Gasteiger partial charge in [-0.15, -0.1) is 0 Å². The lowest BCUT2D eigenvalue weighted by atomic mass is 9.96. The van der Waals surface area contributed by atoms with E-state index < -0.39 is 17.4 Å². The number of primary amides is 2. The molecular weight excluding hydrogens is 272 g/mol. The molecule has 1 unspecified atom stereocenters. The Kier molecular flexibility index (Phi) is 3.69. The maximum Gasteiger partial charge on any atom is 0.248 e. The summed E-state index contributed by atoms with van der Waals surface area (Å²) in [5, 5.41) is 2.61. The number of carbonyl (C=O) groups is 3. The molecule has 0 bridgehead atoms. The Labute approximate surface area is 121 Å². The van der Waals surface area contributed by atoms with Crippen molar-refractivity contribution in [2.75, 3.05) is 5.32 Å². The number of rotatable bonds is 5. The molecule has 0 radical (unpaired) electrons. The third kappa shape index (κ3) is 3.19. The molecule has 1 aromatic carbocycles. The highest BCUT2D eigenvalue weighted by atomic mass is 16.2. The second-order valence-corrected chi connectivity index (χ2v) is 5.54. The molecule has 7 nitrogen and oxygen atoms in total. The molecule has 0 spiro atoms. The highest BCUT2D eigenvalue weighted by molar-refractivity contribution is 6.03. The van der Waals surface area contributed by atoms with Crippen LogP contribution in [0, 0.1) is 5.92 Å². The Morgan fingerprint density at radius 1 is 1.10 bits per heavy atom. The van der Waals surface area contributed by atoms with Crippen LogP contribution in [-0.4, -0.2) is 23.3 Å². The Balaban J connectivity index is 2.28. The molecule has 0 saturated heterocycles. The van der Waals surface area contributed by atoms with Gasteiger partial charge in [0.1, 0.15) is 0 Å². The predicted octanol–water partition coefficient (Wildman–Crippen LogP) is -0.0497. The zero-order chi connectivity index (χ0) is 15.8. The van der Waals surface area contributed by atoms with Gasteiger partial charge >= 0.3 is 0 Å². The van der Waals surface area contributed by atoms with Crippen LogP contribution in [0.2, 0.25) is 0 Å². The van der Waals surface area contributed by atoms with Gasteiger partial charge in [-0.25, -0.2) is 0 Å². The van der Waals surface area contributed by atoms with E-state index in [0.717, 1.165) is 12.8 Å². The number of hydrogen-bond acceptors (Lipinski definition) is 4. The molecule has 1 atom stereocenters. The van der Waals surface area contributed by atoms with Gasteiger partial charge in [-0.1, -0.05) is 0 Å². The fraction of sp³-hybridized carbons (Fsp3) is 0.357. The molecule has 2 rings (SSSR count). The van der Waals surface area contributed by atoms with Gasteiger partial charge in [-0.05, 0) is 43.9 Å². The minimum absolute atomic E-state index is 0.0896. The second-order valence-electron chi connectivity index (χ2n) is 5.54. The van der Waals surface area contributed by atoms with E-state index >= 15 is 0 Å². The molecule has 0 heterocycles. The highest BCUT2D eigenvalue weighted by Crippen LogP contribution is 2.38. The van der Waals surface area contributed by atoms with E-state index in [4.69, 9.17) is 17.2 Å². The van der Waals surface area contributed by atoms with Crippen molar-refractivity contribution in [1.82, 2.24) is 0 Å². The summed E-state index contributed by atoms with van der Waals surface area (Å²) in [6, 6.07) is 4.05. The van der Waals surface area contributed by atoms with Crippen LogP contribution in [0.5, 0.6) is 0 Å². The maximum atomic E-state index is 12.2. The summed E-state index contributed by atoms with van der Waals surface area (Å²) >= 11 is 0. The van der Waals surface area contributed by atoms with E-state index in [0.29, 0.717) is 0 Å². The van der Waals surface area contributed by atoms with Gasteiger partial charge in [0.2, 0.25) is 17.7 Å². The summed E-state index contributed by atoms with van der Waals surface area (Å²) < 4.78 is 0. The van der Waals surface area contributed by atoms with E-state index in [9.17, 15) is 14.4 Å². The van der Waals surface area contributed by atoms with Gasteiger partial charge in [0.25, 0.3) is 0 Å². The maximum absolute atomic E-state index is 12.2. The Morgan fingerprint density at radius 2 is 1.57 bits per heavy atom. The summed E-state index contributed by atoms with van der Waals surface area (Å²) in [7, 11) is 0. The van der Waals surface area contributed by atoms with Crippen LogP contribution < -0.4 is 22.5 Å². The van der Waals surface area contributed by atoms with Crippen LogP contribution in [0.4, 0.5) is 5.69 Å². The van der Waals surface area contributed by atoms with E-state index in [1.54, 1.807) is 6.92 Å². The van der Waals surface area contributed by atoms with Crippen molar-refractivity contribution in [3.63, 3.8) is 0 Å². The van der Waals surface area contributed by atoms with Crippen molar-refractivity contribution < 1.29 is 14.4 Å². The predicted molar refractivity (Wildman–Crippen MR) is 77.4 cm³/mol. The van der Waals surface area contributed by atoms with Crippen molar-refractivity contribution in [2.24, 2.45) is 23.1 Å². The summed E-state index contributed by atoms with van der Waals surface area (Å²) in [6.45, 7) is 1.66. The van der Waals surface area contributed by atoms with Crippen molar-refractivity contribution in [2.45, 2.75) is 25.3 Å². The third-order valence-corrected chi connectivity index (χ3v) is 3.67. The minimum Gasteiger partial charge on any atom is -0.366 e. The lowest BCUT2D eigenvalue weighted by Crippen LogP contribution is -2.50. The molecule has 1 aliphatic rings. The van der Waals surface area contributed by atoms with Crippen molar-refractivity contribution in [1.29, 1.82) is 0 Å². The summed E-state index contributed by atoms with van der Waals surface area (Å²) in [6.07, 6.45) is 1.82. The average Bonchev–Trinajstić information content (AvgIpc) is 3.22. The first-order valence-electron chi connectivity index (χ1n) is 6.57. The van der Waals surface area contributed by atoms with E-state index in [2.05, 4.69) is 5.32 Å². The molecular formula is C14H18N4O3. The summed E-state index contributed by atoms with van der Waals surface area (Å²) in [5.74, 6) is -1.66. The van der Waals surface area contributed by atoms with E-state index in [1.165, 1.54) is 18.2 Å². The Bertz CT molecular complexity index is 588. The standard InChI is InChI=1S/C14H18N4O3/c1-14(17,9-2-3-9)13(21)18-10-5-7(11(15)19)4-8(6-10)12(16)20/h4-6,9H,2-3,17H2,1H3,(H2,15,19)(H2,16,20)(H,18,21). The number of benzene rings is 1. The number of carbonyl (C=O) groups excluding carboxylic acids is 3. The lowest BCUT2D eigenvalue weighted by Gasteiger charge is -2.23. The van der Waals surface area contributed by atoms with Crippen molar-refractivity contribution in [3.05, 3.63) is 29.3 Å². The fourth-order valence-corrected chi connectivity index (χ4v) is 2.12. The minimum atomic E-state index is -0.990. The molecule has 1 saturated carbocycles. The summed E-state index contributed by atoms with van der Waals surface area (Å²) in [4.78, 5) is 34.7. The van der Waals surface area contributed by atoms with Crippen molar-refractivity contribution >= 4 is 23.4 Å². The topological polar surface area (TPSA) is 141 Å². The van der Waals surface area contributed by atoms with Crippen LogP contribution in [0.3, 0.4) is 0 Å². The largest absolute Gasteiger partial charge is 0.366 e. The average molecular weight is 290 g/mol. The molecule has 1 aliphatic carbocycles. The van der Waals surface area contributed by atoms with Gasteiger partial charge in [-0.3, -0.25) is 14.4 Å². The molecule has 21 heavy (non-hydrogen) atoms. The number of hydrogen-bond donors (Lipinski definition) is 4. The van der Waals surface area contributed by atoms with Gasteiger partial charge in [0, 0.05) is 16.8 Å². The zero-order valence-electron chi connectivity index (χ0n) is 11.7. The first kappa shape index (κ1) is 15.0. The Hall–Kier alpha value is -2.41. The molecule has 0 aromatic heterocycles. The first-order chi connectivity index (χ1) is 9.71. The fourth-order valence-electron chi connectivity index (χ4n) is 2.12. The number of nitrogens with two attached hydrogens (primary N) is 3. The summed E-state index contributed by atoms with van der Waals surface area (Å²) in [5.41, 5.74) is 15.9. The van der Waals surface area contributed by atoms with Crippen LogP contribution >= 0.6 is 0 Å². The highest BCUT2D eigenvalue weighted by Gasteiger charge is 2.44. The number of nitrogens with one attached hydrogen (secondary N) is 1. The molecule has 7 N–H and O–H groups in total. The van der Waals surface area contributed by atoms with E-state index in [1.807, 2.05) is 0 Å². The van der Waals surface area contributed by atoms with E-state index in [-0.39, 0.29) is 28.6 Å². The van der Waals surface area contributed by atoms with Gasteiger partial charge in [0.15, 0.2) is 0 Å². The second kappa shape index (κ2) is 5.17. The molecule has 112 valence electrons. The quantitative estimate of drug-likeness (QED) is 0.603. The van der Waals surface area contributed by atoms with Crippen LogP contribution in [-0.2, 0) is 4.79 Å². The third-order valence-electron chi connectivity index (χ3n) is 3.67. The zero-order valence-corrected chi connectivity index (χ0v) is 11.7. The Morgan fingerprint density at radius 3 is 1.95 bits per heavy atom. The molecule has 1 aromatic rings. The lowest BCUT2D eigenvalue weighted by molar-refractivity contribution is -0.121. The van der Waals surface area contributed by atoms with Crippen LogP contribution in [0.25, 0.3) is 0 Å². The van der Waals surface area contributed by atoms with Gasteiger partial charge < -0.3 is 22.5 Å². The normalized spacial score (nSPS) is 16.9. The van der Waals surface area contributed by atoms with Crippen molar-refractivity contribution in [3.8, 4) is 0 Å². The van der Waals surface area contributed by atoms with Gasteiger partial charge in [-0.2, -0.15) is 0 Å². The van der Waals surface area contributed by atoms with Crippen LogP contribution in [0.15, 0.2) is 18.2 Å². The number of amides is 3. The number of anilines is 1. The van der Waals surface area contributed by atoms with Crippen LogP contribution in [0.1, 0.15) is 40.5 Å². The first-order valence-corrected chi connectivity index (χ1v) is 6.57. The smallest absolute Gasteiger partial charge is 0.248 e. The molecule has 1 fully saturated rings. The molecule has 0 aliphatic heterocycles. The monoisotopic (exact) mass is 290 g/mol. The van der Waals surface area contributed by atoms with Gasteiger partial charge in [0.05, 0.1) is 5.54 Å². The molecule has 7 heteroatoms. The molecule has 3 amide bonds.